The van der Waals surface area contributed by atoms with E-state index in [1.54, 1.807) is 18.6 Å². The van der Waals surface area contributed by atoms with Crippen LogP contribution in [0.4, 0.5) is 17.3 Å². The van der Waals surface area contributed by atoms with E-state index >= 15 is 0 Å². The molecule has 18 heteroatoms. The van der Waals surface area contributed by atoms with Gasteiger partial charge in [-0.15, -0.1) is 0 Å². The van der Waals surface area contributed by atoms with Crippen molar-refractivity contribution in [3.05, 3.63) is 77.7 Å². The number of hydrogen-bond donors (Lipinski definition) is 6. The monoisotopic (exact) mass is 830 g/mol. The van der Waals surface area contributed by atoms with Gasteiger partial charge in [0.15, 0.2) is 6.61 Å². The molecule has 1 saturated heterocycles. The van der Waals surface area contributed by atoms with Crippen LogP contribution in [0.3, 0.4) is 0 Å². The lowest BCUT2D eigenvalue weighted by molar-refractivity contribution is -0.136. The number of carbonyl (C=O) groups excluding carboxylic acids is 7. The fraction of sp³-hybridized carbons (Fsp3) is 0.395. The summed E-state index contributed by atoms with van der Waals surface area (Å²) in [7, 11) is 0. The number of amides is 7. The van der Waals surface area contributed by atoms with E-state index in [0.29, 0.717) is 80.5 Å². The number of imide groups is 2. The number of unbranched alkanes of at least 4 members (excludes halogenated alkanes) is 1. The van der Waals surface area contributed by atoms with E-state index in [1.807, 2.05) is 24.3 Å². The Bertz CT molecular complexity index is 2400. The van der Waals surface area contributed by atoms with Crippen LogP contribution in [-0.2, 0) is 19.2 Å². The number of fused-ring (bicyclic) bond motifs is 2. The lowest BCUT2D eigenvalue weighted by Gasteiger charge is -2.28. The van der Waals surface area contributed by atoms with Gasteiger partial charge in [-0.3, -0.25) is 48.8 Å². The zero-order valence-electron chi connectivity index (χ0n) is 33.3. The Morgan fingerprint density at radius 3 is 2.41 bits per heavy atom. The normalized spacial score (nSPS) is 19.8. The van der Waals surface area contributed by atoms with Crippen molar-refractivity contribution in [1.82, 2.24) is 41.1 Å². The minimum Gasteiger partial charge on any atom is -0.483 e. The Morgan fingerprint density at radius 2 is 1.62 bits per heavy atom. The number of pyridine rings is 3. The SMILES string of the molecule is O=C(COc1cccc2c1C(=O)N(C1CCC(=O)NC1=O)C2=O)NCCCCNC(=O)C1CCC(NC(=O)c2cnc(Nc3ccc4cnccc4n3)cc2NC2CC2)CC1. The minimum atomic E-state index is -1.11. The molecule has 0 radical (unpaired) electrons. The average Bonchev–Trinajstić information content (AvgIpc) is 4.04. The third kappa shape index (κ3) is 9.58. The van der Waals surface area contributed by atoms with E-state index in [1.165, 1.54) is 18.2 Å². The first-order valence-electron chi connectivity index (χ1n) is 20.7. The van der Waals surface area contributed by atoms with Crippen LogP contribution in [0.15, 0.2) is 61.1 Å². The van der Waals surface area contributed by atoms with Gasteiger partial charge < -0.3 is 31.3 Å². The van der Waals surface area contributed by atoms with Gasteiger partial charge in [0.25, 0.3) is 23.6 Å². The van der Waals surface area contributed by atoms with Gasteiger partial charge >= 0.3 is 0 Å². The summed E-state index contributed by atoms with van der Waals surface area (Å²) in [6.45, 7) is 0.377. The molecule has 4 aromatic rings. The number of rotatable bonds is 16. The van der Waals surface area contributed by atoms with Crippen LogP contribution in [0.2, 0.25) is 0 Å². The molecule has 316 valence electrons. The van der Waals surface area contributed by atoms with Gasteiger partial charge in [-0.1, -0.05) is 6.07 Å². The topological polar surface area (TPSA) is 243 Å². The first kappa shape index (κ1) is 40.8. The number of hydrogen-bond acceptors (Lipinski definition) is 13. The van der Waals surface area contributed by atoms with Crippen LogP contribution >= 0.6 is 0 Å². The number of benzene rings is 1. The molecule has 2 saturated carbocycles. The van der Waals surface area contributed by atoms with E-state index < -0.39 is 42.2 Å². The highest BCUT2D eigenvalue weighted by Crippen LogP contribution is 2.34. The molecule has 7 amide bonds. The van der Waals surface area contributed by atoms with Crippen LogP contribution in [0.5, 0.6) is 5.75 Å². The Hall–Kier alpha value is -6.98. The van der Waals surface area contributed by atoms with Gasteiger partial charge in [-0.05, 0) is 88.1 Å². The highest BCUT2D eigenvalue weighted by molar-refractivity contribution is 6.24. The molecule has 0 bridgehead atoms. The standard InChI is InChI=1S/C43H46N10O8/c54-36-15-13-32(41(58)52-36)53-42(59)28-4-3-5-33(38(28)43(53)60)61-23-37(55)45-17-1-2-18-46-39(56)24-6-9-27(10-7-24)49-40(57)29-22-47-35(20-31(29)48-26-11-12-26)51-34-14-8-25-21-44-19-16-30(25)50-34/h3-5,8,14,16,19-22,24,26-27,32H,1-2,6-7,9-13,15,17-18,23H2,(H,45,55)(H,46,56)(H,49,57)(H,52,54,58)(H2,47,48,50,51). The first-order valence-corrected chi connectivity index (χ1v) is 20.7. The van der Waals surface area contributed by atoms with Crippen molar-refractivity contribution in [3.63, 3.8) is 0 Å². The molecule has 2 aliphatic heterocycles. The van der Waals surface area contributed by atoms with Crippen molar-refractivity contribution < 1.29 is 38.3 Å². The van der Waals surface area contributed by atoms with Crippen molar-refractivity contribution in [1.29, 1.82) is 0 Å². The minimum absolute atomic E-state index is 0.00340. The molecule has 5 heterocycles. The highest BCUT2D eigenvalue weighted by atomic mass is 16.5. The molecule has 1 unspecified atom stereocenters. The molecule has 0 spiro atoms. The summed E-state index contributed by atoms with van der Waals surface area (Å²) >= 11 is 0. The Balaban J connectivity index is 0.728. The molecule has 2 aliphatic carbocycles. The third-order valence-corrected chi connectivity index (χ3v) is 11.3. The maximum atomic E-state index is 13.5. The fourth-order valence-corrected chi connectivity index (χ4v) is 7.83. The summed E-state index contributed by atoms with van der Waals surface area (Å²) < 4.78 is 5.63. The van der Waals surface area contributed by atoms with E-state index in [9.17, 15) is 33.6 Å². The second-order valence-electron chi connectivity index (χ2n) is 15.7. The van der Waals surface area contributed by atoms with Crippen molar-refractivity contribution in [2.75, 3.05) is 30.3 Å². The van der Waals surface area contributed by atoms with Gasteiger partial charge in [0.05, 0.1) is 27.9 Å². The molecule has 3 aromatic heterocycles. The van der Waals surface area contributed by atoms with Crippen LogP contribution in [0.1, 0.15) is 95.3 Å². The highest BCUT2D eigenvalue weighted by Gasteiger charge is 2.46. The van der Waals surface area contributed by atoms with E-state index in [4.69, 9.17) is 4.74 Å². The predicted molar refractivity (Wildman–Crippen MR) is 221 cm³/mol. The summed E-state index contributed by atoms with van der Waals surface area (Å²) in [6, 6.07) is 11.1. The lowest BCUT2D eigenvalue weighted by atomic mass is 9.85. The third-order valence-electron chi connectivity index (χ3n) is 11.3. The zero-order chi connectivity index (χ0) is 42.5. The van der Waals surface area contributed by atoms with Gasteiger partial charge in [0, 0.05) is 67.6 Å². The summed E-state index contributed by atoms with van der Waals surface area (Å²) in [5.41, 5.74) is 2.01. The lowest BCUT2D eigenvalue weighted by Crippen LogP contribution is -2.54. The van der Waals surface area contributed by atoms with Crippen LogP contribution < -0.4 is 36.6 Å². The number of anilines is 3. The van der Waals surface area contributed by atoms with Gasteiger partial charge in [0.1, 0.15) is 23.4 Å². The van der Waals surface area contributed by atoms with Crippen LogP contribution in [0.25, 0.3) is 10.9 Å². The molecule has 8 rings (SSSR count). The second-order valence-corrected chi connectivity index (χ2v) is 15.7. The smallest absolute Gasteiger partial charge is 0.266 e. The second kappa shape index (κ2) is 18.1. The largest absolute Gasteiger partial charge is 0.483 e. The van der Waals surface area contributed by atoms with Crippen molar-refractivity contribution >= 4 is 69.6 Å². The zero-order valence-corrected chi connectivity index (χ0v) is 33.3. The van der Waals surface area contributed by atoms with E-state index in [2.05, 4.69) is 46.9 Å². The Kier molecular flexibility index (Phi) is 12.1. The molecule has 1 atom stereocenters. The molecule has 1 aromatic carbocycles. The first-order chi connectivity index (χ1) is 29.6. The quantitative estimate of drug-likeness (QED) is 0.0704. The van der Waals surface area contributed by atoms with Gasteiger partial charge in [-0.2, -0.15) is 0 Å². The predicted octanol–water partition coefficient (Wildman–Crippen LogP) is 3.12. The number of piperidine rings is 1. The number of aromatic nitrogens is 3. The van der Waals surface area contributed by atoms with Crippen molar-refractivity contribution in [2.45, 2.75) is 82.3 Å². The van der Waals surface area contributed by atoms with Crippen molar-refractivity contribution in [3.8, 4) is 5.75 Å². The van der Waals surface area contributed by atoms with Crippen LogP contribution in [-0.4, -0.2) is 99.0 Å². The van der Waals surface area contributed by atoms with E-state index in [-0.39, 0.29) is 53.5 Å². The molecular weight excluding hydrogens is 785 g/mol. The summed E-state index contributed by atoms with van der Waals surface area (Å²) in [5, 5.41) is 18.7. The Labute approximate surface area is 350 Å². The van der Waals surface area contributed by atoms with E-state index in [0.717, 1.165) is 28.6 Å². The van der Waals surface area contributed by atoms with Gasteiger partial charge in [0.2, 0.25) is 17.7 Å². The molecular formula is C43H46N10O8. The van der Waals surface area contributed by atoms with Crippen molar-refractivity contribution in [2.24, 2.45) is 5.92 Å². The fourth-order valence-electron chi connectivity index (χ4n) is 7.83. The molecule has 18 nitrogen and oxygen atoms in total. The maximum absolute atomic E-state index is 13.5. The number of nitrogens with one attached hydrogen (secondary N) is 6. The summed E-state index contributed by atoms with van der Waals surface area (Å²) in [6.07, 6.45) is 11.0. The average molecular weight is 831 g/mol. The molecule has 6 N–H and O–H groups in total. The Morgan fingerprint density at radius 1 is 0.836 bits per heavy atom. The maximum Gasteiger partial charge on any atom is 0.266 e. The number of carbonyl (C=O) groups is 7. The molecule has 4 aliphatic rings. The van der Waals surface area contributed by atoms with Gasteiger partial charge in [-0.25, -0.2) is 9.97 Å². The molecule has 3 fully saturated rings. The van der Waals surface area contributed by atoms with Crippen LogP contribution in [0, 0.1) is 5.92 Å². The molecule has 61 heavy (non-hydrogen) atoms. The summed E-state index contributed by atoms with van der Waals surface area (Å²) in [5.74, 6) is -2.14. The summed E-state index contributed by atoms with van der Waals surface area (Å²) in [4.78, 5) is 103. The number of nitrogens with zero attached hydrogens (tertiary/aromatic N) is 4. The number of ether oxygens (including phenoxy) is 1.